The van der Waals surface area contributed by atoms with Crippen molar-refractivity contribution in [3.05, 3.63) is 72.5 Å². The van der Waals surface area contributed by atoms with Gasteiger partial charge >= 0.3 is 0 Å². The van der Waals surface area contributed by atoms with E-state index in [-0.39, 0.29) is 22.4 Å². The number of anilines is 2. The van der Waals surface area contributed by atoms with Gasteiger partial charge in [0.05, 0.1) is 30.9 Å². The van der Waals surface area contributed by atoms with E-state index in [1.165, 1.54) is 44.6 Å². The Hall–Kier alpha value is -3.79. The molecular weight excluding hydrogens is 475 g/mol. The molecule has 1 amide bonds. The third-order valence-electron chi connectivity index (χ3n) is 4.85. The standard InChI is InChI=1S/C25H27FN2O6S/c1-17(2)34-21-11-7-19(8-12-21)27-25(29)16-28(20-9-5-18(26)6-10-20)35(30,31)22-13-14-23(32-3)24(15-22)33-4/h5-15,17H,16H2,1-4H3,(H,27,29). The molecule has 0 saturated carbocycles. The van der Waals surface area contributed by atoms with Gasteiger partial charge in [-0.15, -0.1) is 0 Å². The van der Waals surface area contributed by atoms with Gasteiger partial charge in [0, 0.05) is 11.8 Å². The Kier molecular flexibility index (Phi) is 8.18. The number of halogens is 1. The number of amides is 1. The van der Waals surface area contributed by atoms with Gasteiger partial charge in [-0.2, -0.15) is 0 Å². The van der Waals surface area contributed by atoms with Gasteiger partial charge in [0.25, 0.3) is 10.0 Å². The maximum Gasteiger partial charge on any atom is 0.264 e. The molecule has 0 fully saturated rings. The van der Waals surface area contributed by atoms with Crippen LogP contribution in [0.25, 0.3) is 0 Å². The van der Waals surface area contributed by atoms with Crippen LogP contribution in [0.3, 0.4) is 0 Å². The number of carbonyl (C=O) groups is 1. The molecule has 35 heavy (non-hydrogen) atoms. The van der Waals surface area contributed by atoms with Crippen molar-refractivity contribution in [1.29, 1.82) is 0 Å². The molecule has 0 aliphatic rings. The third kappa shape index (κ3) is 6.42. The first-order valence-electron chi connectivity index (χ1n) is 10.7. The molecule has 0 radical (unpaired) electrons. The van der Waals surface area contributed by atoms with Crippen molar-refractivity contribution in [3.8, 4) is 17.2 Å². The number of hydrogen-bond acceptors (Lipinski definition) is 6. The lowest BCUT2D eigenvalue weighted by atomic mass is 10.3. The Morgan fingerprint density at radius 2 is 1.57 bits per heavy atom. The van der Waals surface area contributed by atoms with Gasteiger partial charge in [-0.1, -0.05) is 0 Å². The van der Waals surface area contributed by atoms with Crippen molar-refractivity contribution < 1.29 is 31.8 Å². The molecule has 186 valence electrons. The summed E-state index contributed by atoms with van der Waals surface area (Å²) in [6.07, 6.45) is 0.00138. The van der Waals surface area contributed by atoms with Crippen molar-refractivity contribution in [2.24, 2.45) is 0 Å². The summed E-state index contributed by atoms with van der Waals surface area (Å²) >= 11 is 0. The van der Waals surface area contributed by atoms with Crippen LogP contribution in [0.15, 0.2) is 71.6 Å². The first kappa shape index (κ1) is 25.8. The van der Waals surface area contributed by atoms with E-state index in [1.54, 1.807) is 24.3 Å². The summed E-state index contributed by atoms with van der Waals surface area (Å²) in [7, 11) is -1.42. The Labute approximate surface area is 204 Å². The SMILES string of the molecule is COc1ccc(S(=O)(=O)N(CC(=O)Nc2ccc(OC(C)C)cc2)c2ccc(F)cc2)cc1OC. The van der Waals surface area contributed by atoms with Crippen LogP contribution in [-0.4, -0.2) is 41.2 Å². The molecule has 10 heteroatoms. The molecule has 0 saturated heterocycles. The highest BCUT2D eigenvalue weighted by molar-refractivity contribution is 7.92. The monoisotopic (exact) mass is 502 g/mol. The first-order chi connectivity index (χ1) is 16.6. The zero-order valence-corrected chi connectivity index (χ0v) is 20.6. The fraction of sp³-hybridized carbons (Fsp3) is 0.240. The Balaban J connectivity index is 1.90. The second-order valence-electron chi connectivity index (χ2n) is 7.74. The summed E-state index contributed by atoms with van der Waals surface area (Å²) < 4.78 is 57.5. The summed E-state index contributed by atoms with van der Waals surface area (Å²) in [5, 5.41) is 2.68. The number of methoxy groups -OCH3 is 2. The molecule has 0 unspecified atom stereocenters. The van der Waals surface area contributed by atoms with Crippen LogP contribution < -0.4 is 23.8 Å². The van der Waals surface area contributed by atoms with Crippen LogP contribution >= 0.6 is 0 Å². The normalized spacial score (nSPS) is 11.1. The van der Waals surface area contributed by atoms with Crippen molar-refractivity contribution in [2.45, 2.75) is 24.8 Å². The van der Waals surface area contributed by atoms with Crippen molar-refractivity contribution >= 4 is 27.3 Å². The molecular formula is C25H27FN2O6S. The predicted molar refractivity (Wildman–Crippen MR) is 131 cm³/mol. The van der Waals surface area contributed by atoms with Crippen LogP contribution in [-0.2, 0) is 14.8 Å². The van der Waals surface area contributed by atoms with Gasteiger partial charge in [0.15, 0.2) is 11.5 Å². The summed E-state index contributed by atoms with van der Waals surface area (Å²) in [6, 6.07) is 15.6. The lowest BCUT2D eigenvalue weighted by Crippen LogP contribution is -2.38. The van der Waals surface area contributed by atoms with E-state index < -0.39 is 28.3 Å². The molecule has 3 rings (SSSR count). The molecule has 0 aromatic heterocycles. The average molecular weight is 503 g/mol. The van der Waals surface area contributed by atoms with Crippen LogP contribution in [0.1, 0.15) is 13.8 Å². The van der Waals surface area contributed by atoms with E-state index in [4.69, 9.17) is 14.2 Å². The smallest absolute Gasteiger partial charge is 0.264 e. The molecule has 8 nitrogen and oxygen atoms in total. The van der Waals surface area contributed by atoms with Gasteiger partial charge in [0.2, 0.25) is 5.91 Å². The topological polar surface area (TPSA) is 94.2 Å². The van der Waals surface area contributed by atoms with E-state index in [0.717, 1.165) is 16.4 Å². The zero-order chi connectivity index (χ0) is 25.6. The molecule has 3 aromatic rings. The quantitative estimate of drug-likeness (QED) is 0.440. The second kappa shape index (κ2) is 11.1. The number of carbonyl (C=O) groups excluding carboxylic acids is 1. The number of sulfonamides is 1. The maximum absolute atomic E-state index is 13.6. The molecule has 0 atom stereocenters. The van der Waals surface area contributed by atoms with E-state index in [0.29, 0.717) is 17.2 Å². The average Bonchev–Trinajstić information content (AvgIpc) is 2.83. The first-order valence-corrected chi connectivity index (χ1v) is 12.1. The fourth-order valence-corrected chi connectivity index (χ4v) is 4.68. The van der Waals surface area contributed by atoms with Gasteiger partial charge < -0.3 is 19.5 Å². The number of ether oxygens (including phenoxy) is 3. The molecule has 0 heterocycles. The Morgan fingerprint density at radius 3 is 2.14 bits per heavy atom. The van der Waals surface area contributed by atoms with E-state index in [9.17, 15) is 17.6 Å². The van der Waals surface area contributed by atoms with Crippen LogP contribution in [0.5, 0.6) is 17.2 Å². The van der Waals surface area contributed by atoms with E-state index in [2.05, 4.69) is 5.32 Å². The van der Waals surface area contributed by atoms with Gasteiger partial charge in [-0.05, 0) is 74.5 Å². The number of hydrogen-bond donors (Lipinski definition) is 1. The lowest BCUT2D eigenvalue weighted by molar-refractivity contribution is -0.114. The Bertz CT molecular complexity index is 1260. The summed E-state index contributed by atoms with van der Waals surface area (Å²) in [4.78, 5) is 12.7. The lowest BCUT2D eigenvalue weighted by Gasteiger charge is -2.24. The van der Waals surface area contributed by atoms with Crippen LogP contribution in [0, 0.1) is 5.82 Å². The molecule has 0 aliphatic heterocycles. The Morgan fingerprint density at radius 1 is 0.943 bits per heavy atom. The van der Waals surface area contributed by atoms with Crippen molar-refractivity contribution in [2.75, 3.05) is 30.4 Å². The molecule has 1 N–H and O–H groups in total. The predicted octanol–water partition coefficient (Wildman–Crippen LogP) is 4.46. The number of nitrogens with one attached hydrogen (secondary N) is 1. The molecule has 0 aliphatic carbocycles. The zero-order valence-electron chi connectivity index (χ0n) is 19.8. The minimum absolute atomic E-state index is 0.00138. The van der Waals surface area contributed by atoms with E-state index in [1.807, 2.05) is 13.8 Å². The summed E-state index contributed by atoms with van der Waals surface area (Å²) in [5.41, 5.74) is 0.589. The van der Waals surface area contributed by atoms with Gasteiger partial charge in [-0.3, -0.25) is 9.10 Å². The minimum Gasteiger partial charge on any atom is -0.493 e. The van der Waals surface area contributed by atoms with Crippen molar-refractivity contribution in [1.82, 2.24) is 0 Å². The maximum atomic E-state index is 13.6. The minimum atomic E-state index is -4.24. The van der Waals surface area contributed by atoms with E-state index >= 15 is 0 Å². The molecule has 3 aromatic carbocycles. The van der Waals surface area contributed by atoms with Crippen LogP contribution in [0.2, 0.25) is 0 Å². The van der Waals surface area contributed by atoms with Gasteiger partial charge in [0.1, 0.15) is 18.1 Å². The largest absolute Gasteiger partial charge is 0.493 e. The van der Waals surface area contributed by atoms with Gasteiger partial charge in [-0.25, -0.2) is 12.8 Å². The second-order valence-corrected chi connectivity index (χ2v) is 9.61. The van der Waals surface area contributed by atoms with Crippen LogP contribution in [0.4, 0.5) is 15.8 Å². The third-order valence-corrected chi connectivity index (χ3v) is 6.62. The summed E-state index contributed by atoms with van der Waals surface area (Å²) in [5.74, 6) is 0.0754. The summed E-state index contributed by atoms with van der Waals surface area (Å²) in [6.45, 7) is 3.25. The number of rotatable bonds is 10. The molecule has 0 spiro atoms. The number of nitrogens with zero attached hydrogens (tertiary/aromatic N) is 1. The fourth-order valence-electron chi connectivity index (χ4n) is 3.25. The van der Waals surface area contributed by atoms with Crippen molar-refractivity contribution in [3.63, 3.8) is 0 Å². The molecule has 0 bridgehead atoms. The highest BCUT2D eigenvalue weighted by atomic mass is 32.2. The number of benzene rings is 3. The highest BCUT2D eigenvalue weighted by Crippen LogP contribution is 2.32. The highest BCUT2D eigenvalue weighted by Gasteiger charge is 2.28.